The van der Waals surface area contributed by atoms with Gasteiger partial charge in [-0.05, 0) is 24.1 Å². The summed E-state index contributed by atoms with van der Waals surface area (Å²) < 4.78 is 5.84. The fraction of sp³-hybridized carbons (Fsp3) is 0.263. The molecule has 0 saturated carbocycles. The molecule has 1 aliphatic heterocycles. The molecule has 1 heterocycles. The number of benzene rings is 2. The first-order valence-corrected chi connectivity index (χ1v) is 7.98. The van der Waals surface area contributed by atoms with Crippen LogP contribution in [0.25, 0.3) is 0 Å². The monoisotopic (exact) mass is 361 g/mol. The first-order chi connectivity index (χ1) is 12.1. The van der Waals surface area contributed by atoms with Gasteiger partial charge in [-0.15, -0.1) is 0 Å². The lowest BCUT2D eigenvalue weighted by Crippen LogP contribution is -2.50. The average Bonchev–Trinajstić information content (AvgIpc) is 2.61. The van der Waals surface area contributed by atoms with Gasteiger partial charge in [0.25, 0.3) is 0 Å². The summed E-state index contributed by atoms with van der Waals surface area (Å²) in [6.45, 7) is 3.00. The molecule has 0 bridgehead atoms. The number of para-hydroxylation sites is 1. The number of carbonyl (C=O) groups is 2. The molecule has 0 spiro atoms. The van der Waals surface area contributed by atoms with Gasteiger partial charge in [0.05, 0.1) is 0 Å². The van der Waals surface area contributed by atoms with Crippen LogP contribution in [0, 0.1) is 0 Å². The highest BCUT2D eigenvalue weighted by atomic mass is 16.5. The summed E-state index contributed by atoms with van der Waals surface area (Å²) in [7, 11) is 0. The van der Waals surface area contributed by atoms with E-state index < -0.39 is 11.9 Å². The van der Waals surface area contributed by atoms with Gasteiger partial charge in [0.1, 0.15) is 12.4 Å². The highest BCUT2D eigenvalue weighted by Crippen LogP contribution is 2.21. The molecule has 1 aliphatic rings. The number of rotatable bonds is 5. The predicted molar refractivity (Wildman–Crippen MR) is 96.1 cm³/mol. The SMILES string of the molecule is O.O=C(O)C(=O)O.c1ccc(CN2CCC2COc2ccccc2)cc1. The number of aliphatic carboxylic acids is 2. The average molecular weight is 361 g/mol. The van der Waals surface area contributed by atoms with Crippen molar-refractivity contribution in [3.63, 3.8) is 0 Å². The van der Waals surface area contributed by atoms with E-state index >= 15 is 0 Å². The molecule has 7 heteroatoms. The second-order valence-electron chi connectivity index (χ2n) is 5.63. The zero-order valence-corrected chi connectivity index (χ0v) is 14.2. The van der Waals surface area contributed by atoms with Crippen LogP contribution in [-0.2, 0) is 16.1 Å². The molecule has 2 aromatic rings. The molecule has 140 valence electrons. The standard InChI is InChI=1S/C17H19NO.C2H2O4.H2O/c1-3-7-15(8-4-1)13-18-12-11-16(18)14-19-17-9-5-2-6-10-17;3-1(4)2(5)6;/h1-10,16H,11-14H2;(H,3,4)(H,5,6);1H2. The maximum atomic E-state index is 9.10. The number of hydrogen-bond acceptors (Lipinski definition) is 4. The molecule has 7 nitrogen and oxygen atoms in total. The molecule has 1 unspecified atom stereocenters. The summed E-state index contributed by atoms with van der Waals surface area (Å²) >= 11 is 0. The van der Waals surface area contributed by atoms with Crippen LogP contribution in [0.5, 0.6) is 5.75 Å². The molecular weight excluding hydrogens is 338 g/mol. The van der Waals surface area contributed by atoms with E-state index in [1.807, 2.05) is 30.3 Å². The summed E-state index contributed by atoms with van der Waals surface area (Å²) in [6, 6.07) is 21.3. The van der Waals surface area contributed by atoms with Crippen LogP contribution in [0.15, 0.2) is 60.7 Å². The molecule has 4 N–H and O–H groups in total. The van der Waals surface area contributed by atoms with Crippen LogP contribution >= 0.6 is 0 Å². The van der Waals surface area contributed by atoms with Gasteiger partial charge in [-0.25, -0.2) is 9.59 Å². The minimum Gasteiger partial charge on any atom is -0.492 e. The second kappa shape index (κ2) is 10.9. The summed E-state index contributed by atoms with van der Waals surface area (Å²) in [5.41, 5.74) is 1.38. The molecule has 0 aliphatic carbocycles. The molecule has 0 radical (unpaired) electrons. The van der Waals surface area contributed by atoms with Crippen molar-refractivity contribution in [2.45, 2.75) is 19.0 Å². The third-order valence-electron chi connectivity index (χ3n) is 3.86. The topological polar surface area (TPSA) is 119 Å². The van der Waals surface area contributed by atoms with Crippen molar-refractivity contribution in [1.29, 1.82) is 0 Å². The lowest BCUT2D eigenvalue weighted by Gasteiger charge is -2.40. The maximum Gasteiger partial charge on any atom is 0.414 e. The first-order valence-electron chi connectivity index (χ1n) is 7.98. The van der Waals surface area contributed by atoms with Crippen molar-refractivity contribution in [3.8, 4) is 5.75 Å². The predicted octanol–water partition coefficient (Wildman–Crippen LogP) is 1.67. The smallest absolute Gasteiger partial charge is 0.414 e. The number of hydrogen-bond donors (Lipinski definition) is 2. The third-order valence-corrected chi connectivity index (χ3v) is 3.86. The van der Waals surface area contributed by atoms with E-state index in [9.17, 15) is 0 Å². The van der Waals surface area contributed by atoms with E-state index in [1.54, 1.807) is 0 Å². The number of ether oxygens (including phenoxy) is 1. The molecule has 26 heavy (non-hydrogen) atoms. The quantitative estimate of drug-likeness (QED) is 0.782. The van der Waals surface area contributed by atoms with Crippen LogP contribution in [0.2, 0.25) is 0 Å². The molecule has 0 aromatic heterocycles. The van der Waals surface area contributed by atoms with E-state index in [0.29, 0.717) is 6.04 Å². The molecular formula is C19H23NO6. The Morgan fingerprint density at radius 1 is 0.962 bits per heavy atom. The highest BCUT2D eigenvalue weighted by molar-refractivity contribution is 6.27. The molecule has 1 fully saturated rings. The Hall–Kier alpha value is -2.90. The van der Waals surface area contributed by atoms with E-state index in [-0.39, 0.29) is 5.48 Å². The van der Waals surface area contributed by atoms with Gasteiger partial charge in [0.15, 0.2) is 0 Å². The van der Waals surface area contributed by atoms with Crippen molar-refractivity contribution in [2.24, 2.45) is 0 Å². The maximum absolute atomic E-state index is 9.10. The van der Waals surface area contributed by atoms with Crippen LogP contribution in [0.3, 0.4) is 0 Å². The van der Waals surface area contributed by atoms with Crippen molar-refractivity contribution < 1.29 is 30.0 Å². The van der Waals surface area contributed by atoms with Gasteiger partial charge < -0.3 is 20.4 Å². The van der Waals surface area contributed by atoms with E-state index in [1.165, 1.54) is 18.5 Å². The van der Waals surface area contributed by atoms with Crippen molar-refractivity contribution >= 4 is 11.9 Å². The van der Waals surface area contributed by atoms with Gasteiger partial charge in [0, 0.05) is 19.1 Å². The lowest BCUT2D eigenvalue weighted by molar-refractivity contribution is -0.159. The van der Waals surface area contributed by atoms with E-state index in [4.69, 9.17) is 24.5 Å². The molecule has 2 aromatic carbocycles. The van der Waals surface area contributed by atoms with Gasteiger partial charge >= 0.3 is 11.9 Å². The summed E-state index contributed by atoms with van der Waals surface area (Å²) in [5.74, 6) is -2.68. The third kappa shape index (κ3) is 6.92. The number of likely N-dealkylation sites (tertiary alicyclic amines) is 1. The van der Waals surface area contributed by atoms with Crippen LogP contribution in [0.1, 0.15) is 12.0 Å². The second-order valence-corrected chi connectivity index (χ2v) is 5.63. The Kier molecular flexibility index (Phi) is 8.83. The molecule has 1 atom stereocenters. The normalized spacial score (nSPS) is 15.5. The number of carboxylic acids is 2. The van der Waals surface area contributed by atoms with Gasteiger partial charge in [-0.3, -0.25) is 4.90 Å². The summed E-state index contributed by atoms with van der Waals surface area (Å²) in [5, 5.41) is 14.8. The van der Waals surface area contributed by atoms with E-state index in [2.05, 4.69) is 35.2 Å². The van der Waals surface area contributed by atoms with Crippen molar-refractivity contribution in [3.05, 3.63) is 66.2 Å². The van der Waals surface area contributed by atoms with Gasteiger partial charge in [-0.1, -0.05) is 48.5 Å². The molecule has 3 rings (SSSR count). The van der Waals surface area contributed by atoms with Gasteiger partial charge in [0.2, 0.25) is 0 Å². The Balaban J connectivity index is 0.000000422. The number of nitrogens with zero attached hydrogens (tertiary/aromatic N) is 1. The minimum absolute atomic E-state index is 0. The number of carboxylic acid groups (broad SMARTS) is 2. The van der Waals surface area contributed by atoms with Crippen LogP contribution < -0.4 is 4.74 Å². The molecule has 1 saturated heterocycles. The Morgan fingerprint density at radius 3 is 1.96 bits per heavy atom. The zero-order chi connectivity index (χ0) is 18.1. The molecule has 0 amide bonds. The zero-order valence-electron chi connectivity index (χ0n) is 14.2. The van der Waals surface area contributed by atoms with Crippen LogP contribution in [-0.4, -0.2) is 51.7 Å². The summed E-state index contributed by atoms with van der Waals surface area (Å²) in [4.78, 5) is 20.7. The lowest BCUT2D eigenvalue weighted by atomic mass is 10.0. The fourth-order valence-corrected chi connectivity index (χ4v) is 2.42. The Morgan fingerprint density at radius 2 is 1.50 bits per heavy atom. The van der Waals surface area contributed by atoms with Crippen molar-refractivity contribution in [1.82, 2.24) is 4.90 Å². The van der Waals surface area contributed by atoms with E-state index in [0.717, 1.165) is 18.9 Å². The Bertz CT molecular complexity index is 665. The van der Waals surface area contributed by atoms with Crippen LogP contribution in [0.4, 0.5) is 0 Å². The Labute approximate surface area is 151 Å². The van der Waals surface area contributed by atoms with Gasteiger partial charge in [-0.2, -0.15) is 0 Å². The largest absolute Gasteiger partial charge is 0.492 e. The minimum atomic E-state index is -1.82. The first kappa shape index (κ1) is 21.1. The fourth-order valence-electron chi connectivity index (χ4n) is 2.42. The highest BCUT2D eigenvalue weighted by Gasteiger charge is 2.28. The van der Waals surface area contributed by atoms with Crippen molar-refractivity contribution in [2.75, 3.05) is 13.2 Å². The summed E-state index contributed by atoms with van der Waals surface area (Å²) in [6.07, 6.45) is 1.24.